The number of hydrogen-bond acceptors (Lipinski definition) is 3. The lowest BCUT2D eigenvalue weighted by atomic mass is 9.78. The number of sulfone groups is 1. The number of benzene rings is 1. The van der Waals surface area contributed by atoms with Crippen molar-refractivity contribution in [2.45, 2.75) is 37.9 Å². The summed E-state index contributed by atoms with van der Waals surface area (Å²) < 4.78 is 23.2. The van der Waals surface area contributed by atoms with E-state index in [0.29, 0.717) is 12.5 Å². The molecule has 4 heteroatoms. The second-order valence-corrected chi connectivity index (χ2v) is 9.10. The van der Waals surface area contributed by atoms with Crippen LogP contribution in [-0.2, 0) is 16.3 Å². The van der Waals surface area contributed by atoms with Gasteiger partial charge in [-0.15, -0.1) is 0 Å². The number of rotatable bonds is 5. The minimum absolute atomic E-state index is 0.213. The van der Waals surface area contributed by atoms with Crippen molar-refractivity contribution in [1.82, 2.24) is 5.32 Å². The average Bonchev–Trinajstić information content (AvgIpc) is 2.28. The maximum atomic E-state index is 11.9. The molecule has 1 aliphatic carbocycles. The van der Waals surface area contributed by atoms with Crippen LogP contribution in [0.3, 0.4) is 0 Å². The van der Waals surface area contributed by atoms with Gasteiger partial charge in [-0.3, -0.25) is 0 Å². The van der Waals surface area contributed by atoms with Crippen molar-refractivity contribution in [2.24, 2.45) is 0 Å². The van der Waals surface area contributed by atoms with Crippen molar-refractivity contribution < 1.29 is 8.42 Å². The van der Waals surface area contributed by atoms with Gasteiger partial charge in [-0.1, -0.05) is 24.3 Å². The second-order valence-electron chi connectivity index (χ2n) is 6.24. The molecule has 106 valence electrons. The van der Waals surface area contributed by atoms with E-state index in [4.69, 9.17) is 0 Å². The molecule has 0 saturated heterocycles. The molecule has 0 amide bonds. The van der Waals surface area contributed by atoms with Crippen LogP contribution >= 0.6 is 0 Å². The van der Waals surface area contributed by atoms with Crippen molar-refractivity contribution in [3.05, 3.63) is 35.4 Å². The summed E-state index contributed by atoms with van der Waals surface area (Å²) in [7, 11) is -3.01. The third-order valence-corrected chi connectivity index (χ3v) is 6.44. The van der Waals surface area contributed by atoms with Crippen molar-refractivity contribution in [2.75, 3.05) is 18.8 Å². The Bertz CT molecular complexity index is 544. The minimum atomic E-state index is -3.01. The molecule has 0 aliphatic heterocycles. The van der Waals surface area contributed by atoms with E-state index in [1.165, 1.54) is 11.1 Å². The van der Waals surface area contributed by atoms with Crippen LogP contribution in [0.25, 0.3) is 0 Å². The second kappa shape index (κ2) is 5.25. The third-order valence-electron chi connectivity index (χ3n) is 3.83. The molecule has 0 fully saturated rings. The molecule has 0 bridgehead atoms. The summed E-state index contributed by atoms with van der Waals surface area (Å²) in [6, 6.07) is 8.46. The highest BCUT2D eigenvalue weighted by Crippen LogP contribution is 2.33. The van der Waals surface area contributed by atoms with E-state index in [1.807, 2.05) is 0 Å². The monoisotopic (exact) mass is 281 g/mol. The fourth-order valence-electron chi connectivity index (χ4n) is 2.33. The Labute approximate surface area is 116 Å². The van der Waals surface area contributed by atoms with E-state index < -0.39 is 14.6 Å². The van der Waals surface area contributed by atoms with Gasteiger partial charge in [-0.2, -0.15) is 0 Å². The zero-order valence-electron chi connectivity index (χ0n) is 11.9. The van der Waals surface area contributed by atoms with Crippen LogP contribution in [0, 0.1) is 0 Å². The van der Waals surface area contributed by atoms with E-state index in [1.54, 1.807) is 20.8 Å². The first-order chi connectivity index (χ1) is 8.81. The van der Waals surface area contributed by atoms with Gasteiger partial charge in [0.05, 0.1) is 10.5 Å². The molecule has 0 saturated carbocycles. The Morgan fingerprint density at radius 1 is 1.26 bits per heavy atom. The molecule has 3 nitrogen and oxygen atoms in total. The molecule has 1 atom stereocenters. The molecule has 1 N–H and O–H groups in total. The summed E-state index contributed by atoms with van der Waals surface area (Å²) >= 11 is 0. The SMILES string of the molecule is CC(C)(C)S(=O)(=O)CCNCC1Cc2ccccc21. The van der Waals surface area contributed by atoms with Crippen molar-refractivity contribution in [3.63, 3.8) is 0 Å². The van der Waals surface area contributed by atoms with E-state index >= 15 is 0 Å². The zero-order valence-corrected chi connectivity index (χ0v) is 12.8. The summed E-state index contributed by atoms with van der Waals surface area (Å²) in [6.45, 7) is 6.68. The maximum absolute atomic E-state index is 11.9. The van der Waals surface area contributed by atoms with Crippen LogP contribution in [0.5, 0.6) is 0 Å². The van der Waals surface area contributed by atoms with Gasteiger partial charge >= 0.3 is 0 Å². The molecule has 1 aromatic rings. The largest absolute Gasteiger partial charge is 0.315 e. The maximum Gasteiger partial charge on any atom is 0.156 e. The summed E-state index contributed by atoms with van der Waals surface area (Å²) in [4.78, 5) is 0. The summed E-state index contributed by atoms with van der Waals surface area (Å²) in [5.41, 5.74) is 2.84. The highest BCUT2D eigenvalue weighted by Gasteiger charge is 2.29. The lowest BCUT2D eigenvalue weighted by Gasteiger charge is -2.30. The van der Waals surface area contributed by atoms with Crippen molar-refractivity contribution >= 4 is 9.84 Å². The van der Waals surface area contributed by atoms with Crippen LogP contribution in [-0.4, -0.2) is 32.0 Å². The van der Waals surface area contributed by atoms with Gasteiger partial charge in [-0.25, -0.2) is 8.42 Å². The van der Waals surface area contributed by atoms with E-state index in [0.717, 1.165) is 13.0 Å². The van der Waals surface area contributed by atoms with Crippen LogP contribution < -0.4 is 5.32 Å². The molecular weight excluding hydrogens is 258 g/mol. The highest BCUT2D eigenvalue weighted by molar-refractivity contribution is 7.92. The molecule has 1 unspecified atom stereocenters. The molecule has 0 aromatic heterocycles. The van der Waals surface area contributed by atoms with Gasteiger partial charge in [-0.05, 0) is 38.3 Å². The van der Waals surface area contributed by atoms with E-state index in [2.05, 4.69) is 29.6 Å². The fraction of sp³-hybridized carbons (Fsp3) is 0.600. The van der Waals surface area contributed by atoms with Gasteiger partial charge in [0, 0.05) is 19.0 Å². The Hall–Kier alpha value is -0.870. The molecular formula is C15H23NO2S. The summed E-state index contributed by atoms with van der Waals surface area (Å²) in [5.74, 6) is 0.763. The number of nitrogens with one attached hydrogen (secondary N) is 1. The topological polar surface area (TPSA) is 46.2 Å². The summed E-state index contributed by atoms with van der Waals surface area (Å²) in [5, 5.41) is 3.28. The first-order valence-electron chi connectivity index (χ1n) is 6.82. The normalized spacial score (nSPS) is 18.8. The molecule has 1 aliphatic rings. The van der Waals surface area contributed by atoms with Gasteiger partial charge in [0.2, 0.25) is 0 Å². The van der Waals surface area contributed by atoms with E-state index in [-0.39, 0.29) is 5.75 Å². The number of fused-ring (bicyclic) bond motifs is 1. The van der Waals surface area contributed by atoms with Crippen LogP contribution in [0.4, 0.5) is 0 Å². The average molecular weight is 281 g/mol. The summed E-state index contributed by atoms with van der Waals surface area (Å²) in [6.07, 6.45) is 1.11. The number of hydrogen-bond donors (Lipinski definition) is 1. The van der Waals surface area contributed by atoms with Gasteiger partial charge in [0.1, 0.15) is 0 Å². The lowest BCUT2D eigenvalue weighted by Crippen LogP contribution is -2.37. The smallest absolute Gasteiger partial charge is 0.156 e. The standard InChI is InChI=1S/C15H23NO2S/c1-15(2,3)19(17,18)9-8-16-11-13-10-12-6-4-5-7-14(12)13/h4-7,13,16H,8-11H2,1-3H3. The Morgan fingerprint density at radius 2 is 1.95 bits per heavy atom. The predicted octanol–water partition coefficient (Wildman–Crippen LogP) is 2.13. The van der Waals surface area contributed by atoms with Crippen LogP contribution in [0.15, 0.2) is 24.3 Å². The first kappa shape index (κ1) is 14.5. The highest BCUT2D eigenvalue weighted by atomic mass is 32.2. The first-order valence-corrected chi connectivity index (χ1v) is 8.47. The molecule has 19 heavy (non-hydrogen) atoms. The van der Waals surface area contributed by atoms with Crippen molar-refractivity contribution in [3.8, 4) is 0 Å². The zero-order chi connectivity index (χ0) is 14.1. The molecule has 0 spiro atoms. The predicted molar refractivity (Wildman–Crippen MR) is 79.3 cm³/mol. The van der Waals surface area contributed by atoms with Gasteiger partial charge < -0.3 is 5.32 Å². The quantitative estimate of drug-likeness (QED) is 0.841. The Morgan fingerprint density at radius 3 is 2.58 bits per heavy atom. The molecule has 0 radical (unpaired) electrons. The lowest BCUT2D eigenvalue weighted by molar-refractivity contribution is 0.533. The minimum Gasteiger partial charge on any atom is -0.315 e. The van der Waals surface area contributed by atoms with Crippen molar-refractivity contribution in [1.29, 1.82) is 0 Å². The van der Waals surface area contributed by atoms with Crippen LogP contribution in [0.2, 0.25) is 0 Å². The Kier molecular flexibility index (Phi) is 4.02. The van der Waals surface area contributed by atoms with Crippen LogP contribution in [0.1, 0.15) is 37.8 Å². The third kappa shape index (κ3) is 3.18. The Balaban J connectivity index is 1.75. The molecule has 0 heterocycles. The fourth-order valence-corrected chi connectivity index (χ4v) is 3.36. The molecule has 1 aromatic carbocycles. The van der Waals surface area contributed by atoms with Gasteiger partial charge in [0.25, 0.3) is 0 Å². The van der Waals surface area contributed by atoms with Gasteiger partial charge in [0.15, 0.2) is 9.84 Å². The molecule has 2 rings (SSSR count). The van der Waals surface area contributed by atoms with E-state index in [9.17, 15) is 8.42 Å².